The smallest absolute Gasteiger partial charge is 0.247 e. The monoisotopic (exact) mass is 442 g/mol. The number of carbonyl (C=O) groups excluding carboxylic acids is 1. The number of benzene rings is 2. The minimum Gasteiger partial charge on any atom is -0.444 e. The van der Waals surface area contributed by atoms with Gasteiger partial charge in [0.2, 0.25) is 23.0 Å². The Labute approximate surface area is 168 Å². The van der Waals surface area contributed by atoms with E-state index in [-0.39, 0.29) is 5.78 Å². The first-order valence-electron chi connectivity index (χ1n) is 8.35. The summed E-state index contributed by atoms with van der Waals surface area (Å²) >= 11 is 4.85. The first kappa shape index (κ1) is 17.9. The van der Waals surface area contributed by atoms with Crippen LogP contribution >= 0.6 is 27.7 Å². The molecule has 0 bridgehead atoms. The molecule has 3 aromatic rings. The zero-order valence-electron chi connectivity index (χ0n) is 14.3. The van der Waals surface area contributed by atoms with Crippen molar-refractivity contribution in [1.82, 2.24) is 15.2 Å². The summed E-state index contributed by atoms with van der Waals surface area (Å²) in [4.78, 5) is 17.5. The Bertz CT molecular complexity index is 997. The molecule has 1 atom stereocenters. The third-order valence-electron chi connectivity index (χ3n) is 3.97. The summed E-state index contributed by atoms with van der Waals surface area (Å²) in [6, 6.07) is 14.7. The number of hydrogen-bond donors (Lipinski definition) is 1. The van der Waals surface area contributed by atoms with Gasteiger partial charge in [-0.25, -0.2) is 0 Å². The summed E-state index contributed by atoms with van der Waals surface area (Å²) < 4.78 is 6.88. The van der Waals surface area contributed by atoms with Gasteiger partial charge >= 0.3 is 0 Å². The minimum atomic E-state index is -0.912. The number of nitrogens with one attached hydrogen (secondary N) is 1. The summed E-state index contributed by atoms with van der Waals surface area (Å²) in [5, 5.41) is 12.2. The third-order valence-corrected chi connectivity index (χ3v) is 5.22. The van der Waals surface area contributed by atoms with Crippen molar-refractivity contribution in [2.75, 3.05) is 11.1 Å². The number of carbonyl (C=O) groups is 1. The fourth-order valence-corrected chi connectivity index (χ4v) is 3.49. The Hall–Kier alpha value is -2.45. The van der Waals surface area contributed by atoms with Crippen LogP contribution in [0, 0.1) is 0 Å². The average molecular weight is 443 g/mol. The molecule has 2 heterocycles. The summed E-state index contributed by atoms with van der Waals surface area (Å²) in [5.41, 5.74) is 2.61. The zero-order chi connectivity index (χ0) is 18.8. The Kier molecular flexibility index (Phi) is 5.09. The maximum Gasteiger partial charge on any atom is 0.247 e. The van der Waals surface area contributed by atoms with Gasteiger partial charge in [-0.3, -0.25) is 4.79 Å². The first-order valence-corrected chi connectivity index (χ1v) is 10.1. The minimum absolute atomic E-state index is 0.187. The van der Waals surface area contributed by atoms with Crippen LogP contribution in [0.5, 0.6) is 5.88 Å². The third kappa shape index (κ3) is 3.68. The lowest BCUT2D eigenvalue weighted by Gasteiger charge is -2.17. The summed E-state index contributed by atoms with van der Waals surface area (Å²) in [6.45, 7) is 2.01. The second kappa shape index (κ2) is 7.66. The lowest BCUT2D eigenvalue weighted by molar-refractivity contribution is 0.0823. The second-order valence-electron chi connectivity index (χ2n) is 5.74. The highest BCUT2D eigenvalue weighted by molar-refractivity contribution is 9.10. The fourth-order valence-electron chi connectivity index (χ4n) is 2.72. The molecule has 6 nitrogen and oxygen atoms in total. The SMILES string of the molecule is CCSc1nnc2c(n1)O[C@H](C(=O)c1ccc(Br)cc1)Nc1ccccc1-2. The standard InChI is InChI=1S/C19H15BrN4O2S/c1-2-27-19-22-17-15(23-24-19)13-5-3-4-6-14(13)21-18(26-17)16(25)11-7-9-12(20)10-8-11/h3-10,18,21H,2H2,1H3/t18-/m1/s1. The number of para-hydroxylation sites is 1. The van der Waals surface area contributed by atoms with Crippen LogP contribution in [-0.4, -0.2) is 32.9 Å². The molecule has 1 aliphatic rings. The molecule has 1 aliphatic heterocycles. The highest BCUT2D eigenvalue weighted by Gasteiger charge is 2.30. The van der Waals surface area contributed by atoms with Gasteiger partial charge < -0.3 is 10.1 Å². The van der Waals surface area contributed by atoms with Crippen molar-refractivity contribution in [2.45, 2.75) is 18.3 Å². The normalized spacial score (nSPS) is 15.0. The van der Waals surface area contributed by atoms with E-state index in [1.165, 1.54) is 11.8 Å². The summed E-state index contributed by atoms with van der Waals surface area (Å²) in [5.74, 6) is 0.929. The largest absolute Gasteiger partial charge is 0.444 e. The Balaban J connectivity index is 1.77. The maximum absolute atomic E-state index is 13.0. The molecular formula is C19H15BrN4O2S. The van der Waals surface area contributed by atoms with Crippen molar-refractivity contribution < 1.29 is 9.53 Å². The first-order chi connectivity index (χ1) is 13.2. The van der Waals surface area contributed by atoms with Crippen molar-refractivity contribution in [2.24, 2.45) is 0 Å². The highest BCUT2D eigenvalue weighted by Crippen LogP contribution is 2.36. The molecule has 0 saturated carbocycles. The highest BCUT2D eigenvalue weighted by atomic mass is 79.9. The van der Waals surface area contributed by atoms with Crippen molar-refractivity contribution in [3.05, 3.63) is 58.6 Å². The van der Waals surface area contributed by atoms with Gasteiger partial charge in [-0.15, -0.1) is 10.2 Å². The molecule has 8 heteroatoms. The van der Waals surface area contributed by atoms with Crippen LogP contribution in [-0.2, 0) is 0 Å². The predicted molar refractivity (Wildman–Crippen MR) is 108 cm³/mol. The molecule has 1 aromatic heterocycles. The number of rotatable bonds is 4. The fraction of sp³-hybridized carbons (Fsp3) is 0.158. The Morgan fingerprint density at radius 1 is 1.19 bits per heavy atom. The van der Waals surface area contributed by atoms with E-state index in [9.17, 15) is 4.79 Å². The molecule has 0 radical (unpaired) electrons. The number of ketones is 1. The second-order valence-corrected chi connectivity index (χ2v) is 7.89. The van der Waals surface area contributed by atoms with Gasteiger partial charge in [0.05, 0.1) is 0 Å². The predicted octanol–water partition coefficient (Wildman–Crippen LogP) is 4.43. The van der Waals surface area contributed by atoms with Gasteiger partial charge in [0.25, 0.3) is 0 Å². The summed E-state index contributed by atoms with van der Waals surface area (Å²) in [6.07, 6.45) is -0.912. The topological polar surface area (TPSA) is 77.0 Å². The van der Waals surface area contributed by atoms with E-state index in [0.717, 1.165) is 21.5 Å². The van der Waals surface area contributed by atoms with Crippen molar-refractivity contribution in [3.8, 4) is 17.1 Å². The Morgan fingerprint density at radius 3 is 2.74 bits per heavy atom. The van der Waals surface area contributed by atoms with Crippen molar-refractivity contribution in [1.29, 1.82) is 0 Å². The lowest BCUT2D eigenvalue weighted by Crippen LogP contribution is -2.35. The summed E-state index contributed by atoms with van der Waals surface area (Å²) in [7, 11) is 0. The van der Waals surface area contributed by atoms with Crippen LogP contribution < -0.4 is 10.1 Å². The van der Waals surface area contributed by atoms with E-state index in [2.05, 4.69) is 36.4 Å². The number of Topliss-reactive ketones (excluding diaryl/α,β-unsaturated/α-hetero) is 1. The molecule has 0 fully saturated rings. The number of fused-ring (bicyclic) bond motifs is 3. The number of aromatic nitrogens is 3. The molecule has 27 heavy (non-hydrogen) atoms. The number of nitrogens with zero attached hydrogens (tertiary/aromatic N) is 3. The molecule has 0 saturated heterocycles. The van der Waals surface area contributed by atoms with Gasteiger partial charge in [0, 0.05) is 21.3 Å². The van der Waals surface area contributed by atoms with Crippen LogP contribution in [0.15, 0.2) is 58.2 Å². The number of ether oxygens (including phenoxy) is 1. The van der Waals surface area contributed by atoms with E-state index < -0.39 is 6.23 Å². The zero-order valence-corrected chi connectivity index (χ0v) is 16.8. The van der Waals surface area contributed by atoms with Crippen LogP contribution in [0.1, 0.15) is 17.3 Å². The molecule has 1 N–H and O–H groups in total. The maximum atomic E-state index is 13.0. The van der Waals surface area contributed by atoms with Crippen LogP contribution in [0.2, 0.25) is 0 Å². The van der Waals surface area contributed by atoms with Gasteiger partial charge in [0.1, 0.15) is 0 Å². The van der Waals surface area contributed by atoms with E-state index in [1.807, 2.05) is 43.3 Å². The molecule has 136 valence electrons. The molecule has 4 rings (SSSR count). The lowest BCUT2D eigenvalue weighted by atomic mass is 10.1. The molecular weight excluding hydrogens is 428 g/mol. The van der Waals surface area contributed by atoms with Crippen molar-refractivity contribution in [3.63, 3.8) is 0 Å². The van der Waals surface area contributed by atoms with Gasteiger partial charge in [-0.1, -0.05) is 64.9 Å². The number of thioether (sulfide) groups is 1. The molecule has 2 aromatic carbocycles. The molecule has 0 unspecified atom stereocenters. The van der Waals surface area contributed by atoms with E-state index in [1.54, 1.807) is 12.1 Å². The quantitative estimate of drug-likeness (QED) is 0.472. The van der Waals surface area contributed by atoms with Crippen LogP contribution in [0.3, 0.4) is 0 Å². The van der Waals surface area contributed by atoms with E-state index in [4.69, 9.17) is 4.74 Å². The molecule has 0 aliphatic carbocycles. The molecule has 0 spiro atoms. The molecule has 0 amide bonds. The van der Waals surface area contributed by atoms with Crippen LogP contribution in [0.25, 0.3) is 11.3 Å². The number of anilines is 1. The van der Waals surface area contributed by atoms with Gasteiger partial charge in [-0.05, 0) is 24.0 Å². The van der Waals surface area contributed by atoms with Crippen LogP contribution in [0.4, 0.5) is 5.69 Å². The van der Waals surface area contributed by atoms with Crippen molar-refractivity contribution >= 4 is 39.2 Å². The van der Waals surface area contributed by atoms with Gasteiger partial charge in [0.15, 0.2) is 5.69 Å². The van der Waals surface area contributed by atoms with E-state index >= 15 is 0 Å². The Morgan fingerprint density at radius 2 is 1.96 bits per heavy atom. The van der Waals surface area contributed by atoms with E-state index in [0.29, 0.717) is 22.3 Å². The number of halogens is 1. The number of hydrogen-bond acceptors (Lipinski definition) is 7. The van der Waals surface area contributed by atoms with Gasteiger partial charge in [-0.2, -0.15) is 4.98 Å². The average Bonchev–Trinajstić information content (AvgIpc) is 2.85.